The molecule has 1 aromatic heterocycles. The minimum atomic E-state index is 0.713. The number of guanidine groups is 1. The molecular weight excluding hydrogens is 214 g/mol. The van der Waals surface area contributed by atoms with Crippen molar-refractivity contribution in [2.75, 3.05) is 39.1 Å². The van der Waals surface area contributed by atoms with Crippen molar-refractivity contribution in [2.45, 2.75) is 6.54 Å². The molecule has 1 aromatic rings. The number of hydrogen-bond donors (Lipinski definition) is 1. The Balaban J connectivity index is 1.97. The fraction of sp³-hybridized carbons (Fsp3) is 0.500. The summed E-state index contributed by atoms with van der Waals surface area (Å²) < 4.78 is 0. The number of hydrogen-bond acceptors (Lipinski definition) is 5. The van der Waals surface area contributed by atoms with E-state index in [9.17, 15) is 0 Å². The number of aromatic nitrogens is 1. The van der Waals surface area contributed by atoms with Gasteiger partial charge >= 0.3 is 0 Å². The van der Waals surface area contributed by atoms with Crippen LogP contribution in [0.5, 0.6) is 0 Å². The van der Waals surface area contributed by atoms with Crippen LogP contribution in [0.3, 0.4) is 0 Å². The number of aliphatic imine (C=N–C) groups is 1. The minimum absolute atomic E-state index is 0.713. The van der Waals surface area contributed by atoms with Crippen LogP contribution in [0.25, 0.3) is 0 Å². The Morgan fingerprint density at radius 3 is 2.88 bits per heavy atom. The van der Waals surface area contributed by atoms with Gasteiger partial charge in [0.15, 0.2) is 5.96 Å². The van der Waals surface area contributed by atoms with Crippen molar-refractivity contribution in [3.63, 3.8) is 0 Å². The second-order valence-electron chi connectivity index (χ2n) is 4.36. The molecule has 92 valence electrons. The van der Waals surface area contributed by atoms with Gasteiger partial charge in [-0.15, -0.1) is 0 Å². The second kappa shape index (κ2) is 5.03. The number of nitrogens with one attached hydrogen (secondary N) is 1. The first-order chi connectivity index (χ1) is 8.16. The SMILES string of the molecule is CN1CCN=C1NCc1cccc(N(C)C)n1. The fourth-order valence-corrected chi connectivity index (χ4v) is 1.71. The molecule has 17 heavy (non-hydrogen) atoms. The molecule has 0 aliphatic carbocycles. The highest BCUT2D eigenvalue weighted by Gasteiger charge is 2.11. The van der Waals surface area contributed by atoms with Crippen LogP contribution >= 0.6 is 0 Å². The largest absolute Gasteiger partial charge is 0.363 e. The predicted molar refractivity (Wildman–Crippen MR) is 70.3 cm³/mol. The number of likely N-dealkylation sites (N-methyl/N-ethyl adjacent to an activating group) is 1. The van der Waals surface area contributed by atoms with E-state index in [-0.39, 0.29) is 0 Å². The van der Waals surface area contributed by atoms with E-state index in [1.54, 1.807) is 0 Å². The smallest absolute Gasteiger partial charge is 0.194 e. The first-order valence-electron chi connectivity index (χ1n) is 5.79. The van der Waals surface area contributed by atoms with Crippen LogP contribution < -0.4 is 10.2 Å². The van der Waals surface area contributed by atoms with Crippen LogP contribution in [0.4, 0.5) is 5.82 Å². The van der Waals surface area contributed by atoms with Crippen LogP contribution in [0.15, 0.2) is 23.2 Å². The average molecular weight is 233 g/mol. The maximum Gasteiger partial charge on any atom is 0.194 e. The van der Waals surface area contributed by atoms with E-state index in [4.69, 9.17) is 0 Å². The standard InChI is InChI=1S/C12H19N5/c1-16(2)11-6-4-5-10(15-11)9-14-12-13-7-8-17(12)3/h4-6H,7-9H2,1-3H3,(H,13,14). The highest BCUT2D eigenvalue weighted by Crippen LogP contribution is 2.07. The molecule has 2 heterocycles. The van der Waals surface area contributed by atoms with Crippen molar-refractivity contribution < 1.29 is 0 Å². The quantitative estimate of drug-likeness (QED) is 0.827. The Labute approximate surface area is 102 Å². The minimum Gasteiger partial charge on any atom is -0.363 e. The van der Waals surface area contributed by atoms with Crippen LogP contribution in [0.1, 0.15) is 5.69 Å². The van der Waals surface area contributed by atoms with Gasteiger partial charge in [0.25, 0.3) is 0 Å². The zero-order chi connectivity index (χ0) is 12.3. The predicted octanol–water partition coefficient (Wildman–Crippen LogP) is 0.539. The van der Waals surface area contributed by atoms with Crippen molar-refractivity contribution in [1.82, 2.24) is 15.2 Å². The summed E-state index contributed by atoms with van der Waals surface area (Å²) in [6.07, 6.45) is 0. The Bertz CT molecular complexity index is 413. The zero-order valence-corrected chi connectivity index (χ0v) is 10.6. The zero-order valence-electron chi connectivity index (χ0n) is 10.6. The van der Waals surface area contributed by atoms with Gasteiger partial charge < -0.3 is 15.1 Å². The second-order valence-corrected chi connectivity index (χ2v) is 4.36. The van der Waals surface area contributed by atoms with E-state index in [0.717, 1.165) is 30.6 Å². The molecule has 1 aliphatic heterocycles. The maximum absolute atomic E-state index is 4.55. The lowest BCUT2D eigenvalue weighted by Crippen LogP contribution is -2.35. The normalized spacial score (nSPS) is 14.8. The van der Waals surface area contributed by atoms with Crippen molar-refractivity contribution in [3.05, 3.63) is 23.9 Å². The lowest BCUT2D eigenvalue weighted by Gasteiger charge is -2.16. The average Bonchev–Trinajstić information content (AvgIpc) is 2.72. The van der Waals surface area contributed by atoms with E-state index in [0.29, 0.717) is 6.54 Å². The van der Waals surface area contributed by atoms with E-state index < -0.39 is 0 Å². The van der Waals surface area contributed by atoms with Crippen molar-refractivity contribution in [1.29, 1.82) is 0 Å². The molecule has 1 N–H and O–H groups in total. The monoisotopic (exact) mass is 233 g/mol. The summed E-state index contributed by atoms with van der Waals surface area (Å²) in [6, 6.07) is 6.05. The van der Waals surface area contributed by atoms with E-state index in [1.807, 2.05) is 44.2 Å². The van der Waals surface area contributed by atoms with Crippen LogP contribution in [0, 0.1) is 0 Å². The molecule has 2 rings (SSSR count). The third kappa shape index (κ3) is 2.87. The number of rotatable bonds is 3. The van der Waals surface area contributed by atoms with Gasteiger partial charge in [-0.05, 0) is 12.1 Å². The Morgan fingerprint density at radius 2 is 2.24 bits per heavy atom. The van der Waals surface area contributed by atoms with Gasteiger partial charge in [0.05, 0.1) is 18.8 Å². The molecule has 0 unspecified atom stereocenters. The van der Waals surface area contributed by atoms with Crippen molar-refractivity contribution in [2.24, 2.45) is 4.99 Å². The molecule has 0 spiro atoms. The third-order valence-electron chi connectivity index (χ3n) is 2.74. The summed E-state index contributed by atoms with van der Waals surface area (Å²) in [7, 11) is 6.03. The van der Waals surface area contributed by atoms with Crippen LogP contribution in [0.2, 0.25) is 0 Å². The number of anilines is 1. The van der Waals surface area contributed by atoms with Gasteiger partial charge in [0.1, 0.15) is 5.82 Å². The number of nitrogens with zero attached hydrogens (tertiary/aromatic N) is 4. The molecule has 0 bridgehead atoms. The summed E-state index contributed by atoms with van der Waals surface area (Å²) in [6.45, 7) is 2.59. The number of pyridine rings is 1. The topological polar surface area (TPSA) is 43.8 Å². The third-order valence-corrected chi connectivity index (χ3v) is 2.74. The summed E-state index contributed by atoms with van der Waals surface area (Å²) in [4.78, 5) is 13.1. The summed E-state index contributed by atoms with van der Waals surface area (Å²) in [5.74, 6) is 1.94. The van der Waals surface area contributed by atoms with Gasteiger partial charge in [0, 0.05) is 27.7 Å². The summed E-state index contributed by atoms with van der Waals surface area (Å²) in [5, 5.41) is 3.31. The highest BCUT2D eigenvalue weighted by molar-refractivity contribution is 5.81. The van der Waals surface area contributed by atoms with Gasteiger partial charge in [-0.25, -0.2) is 4.98 Å². The molecule has 1 aliphatic rings. The van der Waals surface area contributed by atoms with E-state index in [1.165, 1.54) is 0 Å². The first kappa shape index (κ1) is 11.7. The van der Waals surface area contributed by atoms with Gasteiger partial charge in [0.2, 0.25) is 0 Å². The molecule has 0 fully saturated rings. The maximum atomic E-state index is 4.55. The molecule has 0 saturated heterocycles. The first-order valence-corrected chi connectivity index (χ1v) is 5.79. The van der Waals surface area contributed by atoms with Gasteiger partial charge in [-0.1, -0.05) is 6.07 Å². The van der Waals surface area contributed by atoms with Crippen molar-refractivity contribution >= 4 is 11.8 Å². The molecule has 0 amide bonds. The lowest BCUT2D eigenvalue weighted by molar-refractivity contribution is 0.533. The molecule has 5 nitrogen and oxygen atoms in total. The molecule has 5 heteroatoms. The van der Waals surface area contributed by atoms with Gasteiger partial charge in [-0.3, -0.25) is 4.99 Å². The van der Waals surface area contributed by atoms with Crippen LogP contribution in [-0.2, 0) is 6.54 Å². The Morgan fingerprint density at radius 1 is 1.41 bits per heavy atom. The van der Waals surface area contributed by atoms with Gasteiger partial charge in [-0.2, -0.15) is 0 Å². The highest BCUT2D eigenvalue weighted by atomic mass is 15.3. The molecule has 0 saturated carbocycles. The van der Waals surface area contributed by atoms with Crippen LogP contribution in [-0.4, -0.2) is 50.1 Å². The van der Waals surface area contributed by atoms with E-state index >= 15 is 0 Å². The summed E-state index contributed by atoms with van der Waals surface area (Å²) >= 11 is 0. The fourth-order valence-electron chi connectivity index (χ4n) is 1.71. The summed E-state index contributed by atoms with van der Waals surface area (Å²) in [5.41, 5.74) is 1.03. The molecule has 0 atom stereocenters. The van der Waals surface area contributed by atoms with E-state index in [2.05, 4.69) is 20.2 Å². The molecule has 0 aromatic carbocycles. The Hall–Kier alpha value is -1.78. The lowest BCUT2D eigenvalue weighted by atomic mass is 10.3. The van der Waals surface area contributed by atoms with Crippen molar-refractivity contribution in [3.8, 4) is 0 Å². The Kier molecular flexibility index (Phi) is 3.46. The molecule has 0 radical (unpaired) electrons. The molecular formula is C12H19N5.